The molecule has 0 saturated heterocycles. The van der Waals surface area contributed by atoms with Crippen molar-refractivity contribution in [3.63, 3.8) is 0 Å². The van der Waals surface area contributed by atoms with Crippen LogP contribution in [-0.4, -0.2) is 24.2 Å². The second kappa shape index (κ2) is 5.35. The molecule has 0 aromatic carbocycles. The van der Waals surface area contributed by atoms with Crippen molar-refractivity contribution in [2.75, 3.05) is 18.0 Å². The van der Waals surface area contributed by atoms with Gasteiger partial charge in [0.2, 0.25) is 0 Å². The van der Waals surface area contributed by atoms with Crippen LogP contribution in [0.25, 0.3) is 0 Å². The summed E-state index contributed by atoms with van der Waals surface area (Å²) in [4.78, 5) is 5.26. The lowest BCUT2D eigenvalue weighted by Crippen LogP contribution is -2.34. The molecule has 0 aliphatic heterocycles. The molecule has 17 heavy (non-hydrogen) atoms. The van der Waals surface area contributed by atoms with Gasteiger partial charge in [0.15, 0.2) is 0 Å². The van der Waals surface area contributed by atoms with Crippen molar-refractivity contribution < 1.29 is 13.2 Å². The zero-order valence-corrected chi connectivity index (χ0v) is 9.83. The fraction of sp³-hybridized carbons (Fsp3) is 0.545. The summed E-state index contributed by atoms with van der Waals surface area (Å²) in [5.74, 6) is 0. The summed E-state index contributed by atoms with van der Waals surface area (Å²) < 4.78 is 36.9. The lowest BCUT2D eigenvalue weighted by Gasteiger charge is -2.24. The van der Waals surface area contributed by atoms with Gasteiger partial charge in [-0.15, -0.1) is 0 Å². The maximum Gasteiger partial charge on any atom is 0.405 e. The van der Waals surface area contributed by atoms with Crippen LogP contribution in [0.4, 0.5) is 18.9 Å². The van der Waals surface area contributed by atoms with Gasteiger partial charge in [-0.25, -0.2) is 0 Å². The monoisotopic (exact) mass is 247 g/mol. The summed E-state index contributed by atoms with van der Waals surface area (Å²) in [5, 5.41) is 0. The maximum atomic E-state index is 12.3. The average Bonchev–Trinajstić information content (AvgIpc) is 2.25. The van der Waals surface area contributed by atoms with Crippen LogP contribution in [0, 0.1) is 0 Å². The highest BCUT2D eigenvalue weighted by atomic mass is 19.4. The van der Waals surface area contributed by atoms with Crippen molar-refractivity contribution in [3.8, 4) is 0 Å². The minimum Gasteiger partial charge on any atom is -0.362 e. The zero-order chi connectivity index (χ0) is 13.1. The van der Waals surface area contributed by atoms with Gasteiger partial charge in [-0.3, -0.25) is 4.98 Å². The standard InChI is InChI=1S/C11H16F3N3/c1-3-17(7-11(12,13)14)9-4-5-10(8(2)15)16-6-9/h4-6,8H,3,7,15H2,1-2H3. The predicted molar refractivity (Wildman–Crippen MR) is 60.8 cm³/mol. The summed E-state index contributed by atoms with van der Waals surface area (Å²) in [7, 11) is 0. The number of alkyl halides is 3. The molecule has 1 heterocycles. The molecule has 6 heteroatoms. The molecule has 0 saturated carbocycles. The van der Waals surface area contributed by atoms with E-state index in [-0.39, 0.29) is 12.6 Å². The van der Waals surface area contributed by atoms with E-state index in [0.717, 1.165) is 0 Å². The van der Waals surface area contributed by atoms with E-state index < -0.39 is 12.7 Å². The Hall–Kier alpha value is -1.30. The summed E-state index contributed by atoms with van der Waals surface area (Å²) in [5.41, 5.74) is 6.73. The highest BCUT2D eigenvalue weighted by molar-refractivity contribution is 5.44. The topological polar surface area (TPSA) is 42.1 Å². The largest absolute Gasteiger partial charge is 0.405 e. The molecular weight excluding hydrogens is 231 g/mol. The van der Waals surface area contributed by atoms with Gasteiger partial charge in [-0.2, -0.15) is 13.2 Å². The Morgan fingerprint density at radius 2 is 2.06 bits per heavy atom. The lowest BCUT2D eigenvalue weighted by atomic mass is 10.2. The summed E-state index contributed by atoms with van der Waals surface area (Å²) in [6.45, 7) is 2.75. The van der Waals surface area contributed by atoms with Gasteiger partial charge in [-0.05, 0) is 26.0 Å². The van der Waals surface area contributed by atoms with Crippen molar-refractivity contribution in [3.05, 3.63) is 24.0 Å². The number of anilines is 1. The summed E-state index contributed by atoms with van der Waals surface area (Å²) in [6.07, 6.45) is -2.79. The molecule has 1 rings (SSSR count). The highest BCUT2D eigenvalue weighted by Crippen LogP contribution is 2.22. The SMILES string of the molecule is CCN(CC(F)(F)F)c1ccc(C(C)N)nc1. The molecule has 1 atom stereocenters. The van der Waals surface area contributed by atoms with Crippen LogP contribution in [0.3, 0.4) is 0 Å². The van der Waals surface area contributed by atoms with E-state index >= 15 is 0 Å². The number of halogens is 3. The Morgan fingerprint density at radius 1 is 1.41 bits per heavy atom. The van der Waals surface area contributed by atoms with Gasteiger partial charge in [0, 0.05) is 12.6 Å². The Bertz CT molecular complexity index is 346. The van der Waals surface area contributed by atoms with E-state index in [1.807, 2.05) is 0 Å². The lowest BCUT2D eigenvalue weighted by molar-refractivity contribution is -0.119. The minimum absolute atomic E-state index is 0.221. The van der Waals surface area contributed by atoms with Crippen LogP contribution in [0.15, 0.2) is 18.3 Å². The molecule has 0 spiro atoms. The molecule has 3 nitrogen and oxygen atoms in total. The molecule has 0 aliphatic carbocycles. The first kappa shape index (κ1) is 13.8. The van der Waals surface area contributed by atoms with Gasteiger partial charge in [-0.1, -0.05) is 0 Å². The van der Waals surface area contributed by atoms with Gasteiger partial charge in [0.1, 0.15) is 6.54 Å². The Morgan fingerprint density at radius 3 is 2.41 bits per heavy atom. The molecule has 0 bridgehead atoms. The Balaban J connectivity index is 2.82. The normalized spacial score (nSPS) is 13.5. The van der Waals surface area contributed by atoms with Gasteiger partial charge in [0.25, 0.3) is 0 Å². The first-order chi connectivity index (χ1) is 7.83. The van der Waals surface area contributed by atoms with E-state index in [4.69, 9.17) is 5.73 Å². The van der Waals surface area contributed by atoms with Crippen LogP contribution >= 0.6 is 0 Å². The van der Waals surface area contributed by atoms with E-state index in [9.17, 15) is 13.2 Å². The average molecular weight is 247 g/mol. The molecule has 1 aromatic heterocycles. The Kier molecular flexibility index (Phi) is 4.34. The van der Waals surface area contributed by atoms with Crippen molar-refractivity contribution in [1.82, 2.24) is 4.98 Å². The molecular formula is C11H16F3N3. The number of aromatic nitrogens is 1. The van der Waals surface area contributed by atoms with Gasteiger partial charge >= 0.3 is 6.18 Å². The molecule has 96 valence electrons. The van der Waals surface area contributed by atoms with E-state index in [1.165, 1.54) is 11.1 Å². The third-order valence-corrected chi connectivity index (χ3v) is 2.35. The highest BCUT2D eigenvalue weighted by Gasteiger charge is 2.30. The van der Waals surface area contributed by atoms with Crippen molar-refractivity contribution >= 4 is 5.69 Å². The number of hydrogen-bond donors (Lipinski definition) is 1. The first-order valence-corrected chi connectivity index (χ1v) is 5.36. The van der Waals surface area contributed by atoms with Crippen molar-refractivity contribution in [2.24, 2.45) is 5.73 Å². The van der Waals surface area contributed by atoms with Crippen LogP contribution in [0.5, 0.6) is 0 Å². The van der Waals surface area contributed by atoms with Crippen molar-refractivity contribution in [2.45, 2.75) is 26.1 Å². The molecule has 2 N–H and O–H groups in total. The Labute approximate surface area is 98.4 Å². The number of rotatable bonds is 4. The summed E-state index contributed by atoms with van der Waals surface area (Å²) >= 11 is 0. The fourth-order valence-electron chi connectivity index (χ4n) is 1.46. The number of nitrogens with zero attached hydrogens (tertiary/aromatic N) is 2. The number of hydrogen-bond acceptors (Lipinski definition) is 3. The quantitative estimate of drug-likeness (QED) is 0.888. The van der Waals surface area contributed by atoms with E-state index in [0.29, 0.717) is 11.4 Å². The summed E-state index contributed by atoms with van der Waals surface area (Å²) in [6, 6.07) is 3.04. The number of pyridine rings is 1. The van der Waals surface area contributed by atoms with E-state index in [1.54, 1.807) is 26.0 Å². The van der Waals surface area contributed by atoms with Crippen LogP contribution in [-0.2, 0) is 0 Å². The smallest absolute Gasteiger partial charge is 0.362 e. The first-order valence-electron chi connectivity index (χ1n) is 5.36. The van der Waals surface area contributed by atoms with Gasteiger partial charge in [0.05, 0.1) is 17.6 Å². The van der Waals surface area contributed by atoms with Crippen molar-refractivity contribution in [1.29, 1.82) is 0 Å². The van der Waals surface area contributed by atoms with Crippen LogP contribution < -0.4 is 10.6 Å². The molecule has 1 aromatic rings. The van der Waals surface area contributed by atoms with Crippen LogP contribution in [0.1, 0.15) is 25.6 Å². The third-order valence-electron chi connectivity index (χ3n) is 2.35. The predicted octanol–water partition coefficient (Wildman–Crippen LogP) is 2.49. The number of nitrogens with two attached hydrogens (primary N) is 1. The second-order valence-corrected chi connectivity index (χ2v) is 3.86. The van der Waals surface area contributed by atoms with E-state index in [2.05, 4.69) is 4.98 Å². The molecule has 1 unspecified atom stereocenters. The maximum absolute atomic E-state index is 12.3. The molecule has 0 aliphatic rings. The fourth-order valence-corrected chi connectivity index (χ4v) is 1.46. The van der Waals surface area contributed by atoms with Gasteiger partial charge < -0.3 is 10.6 Å². The third kappa shape index (κ3) is 4.22. The molecule has 0 radical (unpaired) electrons. The van der Waals surface area contributed by atoms with Crippen LogP contribution in [0.2, 0.25) is 0 Å². The molecule has 0 amide bonds. The second-order valence-electron chi connectivity index (χ2n) is 3.86. The molecule has 0 fully saturated rings. The minimum atomic E-state index is -4.21. The zero-order valence-electron chi connectivity index (χ0n) is 9.83.